The van der Waals surface area contributed by atoms with Crippen LogP contribution in [0.4, 0.5) is 0 Å². The SMILES string of the molecule is CCC1=c2c(C)c(C)c3c4c(c(C)c(C)c3c2CC1=O)=C(C)C(=O)C4. The van der Waals surface area contributed by atoms with Crippen LogP contribution in [-0.4, -0.2) is 11.6 Å². The van der Waals surface area contributed by atoms with E-state index in [0.717, 1.165) is 22.8 Å². The molecule has 4 rings (SSSR count). The molecule has 0 saturated heterocycles. The van der Waals surface area contributed by atoms with E-state index in [9.17, 15) is 9.59 Å². The summed E-state index contributed by atoms with van der Waals surface area (Å²) in [7, 11) is 0. The fourth-order valence-corrected chi connectivity index (χ4v) is 5.06. The average molecular weight is 332 g/mol. The summed E-state index contributed by atoms with van der Waals surface area (Å²) in [5, 5.41) is 4.80. The molecule has 0 radical (unpaired) electrons. The summed E-state index contributed by atoms with van der Waals surface area (Å²) < 4.78 is 0. The van der Waals surface area contributed by atoms with Crippen molar-refractivity contribution in [2.24, 2.45) is 0 Å². The quantitative estimate of drug-likeness (QED) is 0.804. The van der Waals surface area contributed by atoms with Crippen molar-refractivity contribution in [1.29, 1.82) is 0 Å². The van der Waals surface area contributed by atoms with E-state index >= 15 is 0 Å². The van der Waals surface area contributed by atoms with Crippen molar-refractivity contribution in [3.8, 4) is 0 Å². The van der Waals surface area contributed by atoms with Gasteiger partial charge in [0.15, 0.2) is 11.6 Å². The van der Waals surface area contributed by atoms with Gasteiger partial charge in [0.2, 0.25) is 0 Å². The van der Waals surface area contributed by atoms with Crippen molar-refractivity contribution in [2.45, 2.75) is 60.8 Å². The predicted octanol–water partition coefficient (Wildman–Crippen LogP) is 3.06. The molecule has 0 saturated carbocycles. The van der Waals surface area contributed by atoms with Gasteiger partial charge in [-0.25, -0.2) is 0 Å². The summed E-state index contributed by atoms with van der Waals surface area (Å²) in [6.07, 6.45) is 1.79. The van der Waals surface area contributed by atoms with Gasteiger partial charge in [-0.15, -0.1) is 0 Å². The number of aryl methyl sites for hydroxylation is 2. The summed E-state index contributed by atoms with van der Waals surface area (Å²) in [6, 6.07) is 0. The third kappa shape index (κ3) is 1.85. The topological polar surface area (TPSA) is 34.1 Å². The van der Waals surface area contributed by atoms with Gasteiger partial charge >= 0.3 is 0 Å². The Morgan fingerprint density at radius 2 is 1.16 bits per heavy atom. The number of Topliss-reactive ketones (excluding diaryl/α,β-unsaturated/α-hetero) is 2. The first-order valence-corrected chi connectivity index (χ1v) is 9.13. The van der Waals surface area contributed by atoms with E-state index in [0.29, 0.717) is 12.8 Å². The maximum Gasteiger partial charge on any atom is 0.163 e. The van der Waals surface area contributed by atoms with E-state index in [-0.39, 0.29) is 11.6 Å². The lowest BCUT2D eigenvalue weighted by Crippen LogP contribution is -2.19. The van der Waals surface area contributed by atoms with E-state index in [1.165, 1.54) is 49.4 Å². The molecule has 0 bridgehead atoms. The molecule has 2 aliphatic carbocycles. The Labute approximate surface area is 148 Å². The van der Waals surface area contributed by atoms with Gasteiger partial charge in [0, 0.05) is 24.0 Å². The molecular weight excluding hydrogens is 308 g/mol. The number of ketones is 2. The third-order valence-electron chi connectivity index (χ3n) is 6.54. The van der Waals surface area contributed by atoms with Crippen molar-refractivity contribution in [2.75, 3.05) is 0 Å². The minimum atomic E-state index is 0.236. The molecule has 0 aliphatic heterocycles. The van der Waals surface area contributed by atoms with Crippen LogP contribution in [0.15, 0.2) is 0 Å². The smallest absolute Gasteiger partial charge is 0.163 e. The van der Waals surface area contributed by atoms with Gasteiger partial charge in [-0.05, 0) is 95.6 Å². The van der Waals surface area contributed by atoms with Crippen LogP contribution in [0.5, 0.6) is 0 Å². The van der Waals surface area contributed by atoms with Gasteiger partial charge in [-0.1, -0.05) is 6.92 Å². The van der Waals surface area contributed by atoms with Crippen LogP contribution in [0, 0.1) is 27.7 Å². The molecule has 2 aromatic carbocycles. The number of carbonyl (C=O) groups is 2. The number of benzene rings is 2. The molecule has 0 spiro atoms. The normalized spacial score (nSPS) is 16.2. The zero-order chi connectivity index (χ0) is 18.2. The first kappa shape index (κ1) is 16.3. The lowest BCUT2D eigenvalue weighted by atomic mass is 9.85. The Kier molecular flexibility index (Phi) is 3.34. The molecule has 0 fully saturated rings. The number of hydrogen-bond donors (Lipinski definition) is 0. The maximum atomic E-state index is 12.6. The molecule has 2 heteroatoms. The standard InChI is InChI=1S/C23H24O2/c1-7-15-19(25)9-17-21(15)11(3)13(5)22-16-8-18(24)14(6)20(16)10(2)12(4)23(17)22/h7-9H2,1-6H3. The monoisotopic (exact) mass is 332 g/mol. The summed E-state index contributed by atoms with van der Waals surface area (Å²) in [6.45, 7) is 12.6. The molecule has 0 unspecified atom stereocenters. The van der Waals surface area contributed by atoms with Crippen molar-refractivity contribution in [1.82, 2.24) is 0 Å². The maximum absolute atomic E-state index is 12.6. The second-order valence-electron chi connectivity index (χ2n) is 7.61. The Hall–Kier alpha value is -2.22. The highest BCUT2D eigenvalue weighted by molar-refractivity contribution is 6.22. The number of rotatable bonds is 1. The van der Waals surface area contributed by atoms with Gasteiger partial charge in [-0.2, -0.15) is 0 Å². The molecule has 0 aromatic heterocycles. The summed E-state index contributed by atoms with van der Waals surface area (Å²) in [5.74, 6) is 0.503. The molecule has 128 valence electrons. The Bertz CT molecular complexity index is 1140. The minimum absolute atomic E-state index is 0.236. The fourth-order valence-electron chi connectivity index (χ4n) is 5.06. The number of fused-ring (bicyclic) bond motifs is 5. The number of hydrogen-bond acceptors (Lipinski definition) is 2. The van der Waals surface area contributed by atoms with E-state index in [2.05, 4.69) is 34.6 Å². The molecule has 2 aromatic rings. The number of carbonyl (C=O) groups excluding carboxylic acids is 2. The van der Waals surface area contributed by atoms with E-state index in [4.69, 9.17) is 0 Å². The van der Waals surface area contributed by atoms with Crippen molar-refractivity contribution in [3.63, 3.8) is 0 Å². The molecule has 2 nitrogen and oxygen atoms in total. The largest absolute Gasteiger partial charge is 0.294 e. The summed E-state index contributed by atoms with van der Waals surface area (Å²) in [5.41, 5.74) is 9.13. The van der Waals surface area contributed by atoms with Crippen LogP contribution in [-0.2, 0) is 22.4 Å². The molecule has 0 heterocycles. The summed E-state index contributed by atoms with van der Waals surface area (Å²) in [4.78, 5) is 25.0. The van der Waals surface area contributed by atoms with E-state index < -0.39 is 0 Å². The van der Waals surface area contributed by atoms with Crippen LogP contribution in [0.3, 0.4) is 0 Å². The summed E-state index contributed by atoms with van der Waals surface area (Å²) >= 11 is 0. The van der Waals surface area contributed by atoms with Gasteiger partial charge in [0.05, 0.1) is 0 Å². The molecule has 25 heavy (non-hydrogen) atoms. The second kappa shape index (κ2) is 5.14. The fraction of sp³-hybridized carbons (Fsp3) is 0.391. The predicted molar refractivity (Wildman–Crippen MR) is 102 cm³/mol. The molecule has 0 N–H and O–H groups in total. The Morgan fingerprint density at radius 1 is 0.680 bits per heavy atom. The van der Waals surface area contributed by atoms with E-state index in [1.54, 1.807) is 0 Å². The van der Waals surface area contributed by atoms with Gasteiger partial charge in [0.25, 0.3) is 0 Å². The molecule has 2 aliphatic rings. The third-order valence-corrected chi connectivity index (χ3v) is 6.54. The van der Waals surface area contributed by atoms with Crippen molar-refractivity contribution < 1.29 is 9.59 Å². The minimum Gasteiger partial charge on any atom is -0.294 e. The zero-order valence-electron chi connectivity index (χ0n) is 15.9. The molecule has 0 amide bonds. The zero-order valence-corrected chi connectivity index (χ0v) is 15.9. The van der Waals surface area contributed by atoms with Gasteiger partial charge in [0.1, 0.15) is 0 Å². The molecular formula is C23H24O2. The first-order chi connectivity index (χ1) is 11.8. The average Bonchev–Trinajstić information content (AvgIpc) is 3.05. The van der Waals surface area contributed by atoms with Gasteiger partial charge < -0.3 is 0 Å². The lowest BCUT2D eigenvalue weighted by molar-refractivity contribution is -0.113. The second-order valence-corrected chi connectivity index (χ2v) is 7.61. The van der Waals surface area contributed by atoms with Crippen molar-refractivity contribution >= 4 is 33.5 Å². The van der Waals surface area contributed by atoms with Crippen molar-refractivity contribution in [3.05, 3.63) is 43.8 Å². The van der Waals surface area contributed by atoms with Crippen LogP contribution in [0.2, 0.25) is 0 Å². The van der Waals surface area contributed by atoms with Crippen LogP contribution in [0.1, 0.15) is 53.6 Å². The van der Waals surface area contributed by atoms with Gasteiger partial charge in [-0.3, -0.25) is 9.59 Å². The Balaban J connectivity index is 2.36. The Morgan fingerprint density at radius 3 is 1.72 bits per heavy atom. The highest BCUT2D eigenvalue weighted by Gasteiger charge is 2.29. The first-order valence-electron chi connectivity index (χ1n) is 9.13. The van der Waals surface area contributed by atoms with Crippen LogP contribution >= 0.6 is 0 Å². The van der Waals surface area contributed by atoms with E-state index in [1.807, 2.05) is 6.92 Å². The lowest BCUT2D eigenvalue weighted by Gasteiger charge is -2.18. The highest BCUT2D eigenvalue weighted by atomic mass is 16.1. The van der Waals surface area contributed by atoms with Crippen LogP contribution < -0.4 is 10.4 Å². The highest BCUT2D eigenvalue weighted by Crippen LogP contribution is 2.34. The molecule has 0 atom stereocenters. The van der Waals surface area contributed by atoms with Crippen LogP contribution in [0.25, 0.3) is 21.9 Å².